The van der Waals surface area contributed by atoms with E-state index >= 15 is 0 Å². The topological polar surface area (TPSA) is 94.1 Å². The van der Waals surface area contributed by atoms with Gasteiger partial charge in [-0.05, 0) is 79.2 Å². The molecule has 0 unspecified atom stereocenters. The maximum Gasteiger partial charge on any atom is 0.492 e. The predicted molar refractivity (Wildman–Crippen MR) is 150 cm³/mol. The van der Waals surface area contributed by atoms with Gasteiger partial charge in [-0.25, -0.2) is 14.0 Å². The molecule has 2 N–H and O–H groups in total. The summed E-state index contributed by atoms with van der Waals surface area (Å²) in [5.74, 6) is -1.89. The number of ether oxygens (including phenoxy) is 1. The van der Waals surface area contributed by atoms with E-state index in [1.807, 2.05) is 64.1 Å². The van der Waals surface area contributed by atoms with Crippen molar-refractivity contribution in [2.24, 2.45) is 0 Å². The highest BCUT2D eigenvalue weighted by atomic mass is 19.1. The van der Waals surface area contributed by atoms with Gasteiger partial charge in [-0.2, -0.15) is 0 Å². The van der Waals surface area contributed by atoms with Crippen molar-refractivity contribution < 1.29 is 33.1 Å². The highest BCUT2D eigenvalue weighted by Gasteiger charge is 2.52. The van der Waals surface area contributed by atoms with E-state index in [4.69, 9.17) is 14.0 Å². The maximum atomic E-state index is 14.1. The number of halogens is 1. The SMILES string of the molecule is CC1(C)OB(C(=Cc2cc(F)ccc2C(=O)O)CNC(=O)OCC2c3ccccc3-c3ccccc32)OC1(C)C. The van der Waals surface area contributed by atoms with Gasteiger partial charge < -0.3 is 24.5 Å². The minimum absolute atomic E-state index is 0.0664. The minimum Gasteiger partial charge on any atom is -0.478 e. The molecular formula is C31H31BFNO6. The summed E-state index contributed by atoms with van der Waals surface area (Å²) < 4.78 is 32.1. The number of aromatic carboxylic acids is 1. The van der Waals surface area contributed by atoms with Crippen molar-refractivity contribution >= 4 is 25.3 Å². The molecule has 1 aliphatic heterocycles. The van der Waals surface area contributed by atoms with E-state index in [0.29, 0.717) is 5.47 Å². The predicted octanol–water partition coefficient (Wildman–Crippen LogP) is 6.08. The number of carbonyl (C=O) groups excluding carboxylic acids is 1. The molecule has 0 atom stereocenters. The van der Waals surface area contributed by atoms with Gasteiger partial charge in [-0.3, -0.25) is 0 Å². The summed E-state index contributed by atoms with van der Waals surface area (Å²) in [5, 5.41) is 12.4. The highest BCUT2D eigenvalue weighted by Crippen LogP contribution is 2.44. The van der Waals surface area contributed by atoms with Crippen molar-refractivity contribution in [2.75, 3.05) is 13.2 Å². The van der Waals surface area contributed by atoms with Crippen molar-refractivity contribution in [2.45, 2.75) is 44.8 Å². The fraction of sp³-hybridized carbons (Fsp3) is 0.290. The largest absolute Gasteiger partial charge is 0.492 e. The first kappa shape index (κ1) is 27.6. The summed E-state index contributed by atoms with van der Waals surface area (Å²) in [6.07, 6.45) is 0.834. The Morgan fingerprint density at radius 3 is 2.12 bits per heavy atom. The second-order valence-corrected chi connectivity index (χ2v) is 11.0. The van der Waals surface area contributed by atoms with Gasteiger partial charge in [0.15, 0.2) is 0 Å². The van der Waals surface area contributed by atoms with Crippen LogP contribution in [0.2, 0.25) is 0 Å². The molecule has 1 aliphatic carbocycles. The molecule has 1 fully saturated rings. The number of rotatable bonds is 7. The Morgan fingerprint density at radius 2 is 1.55 bits per heavy atom. The number of carboxylic acids is 1. The third kappa shape index (κ3) is 5.27. The zero-order chi connectivity index (χ0) is 28.7. The van der Waals surface area contributed by atoms with Gasteiger partial charge in [0.2, 0.25) is 0 Å². The highest BCUT2D eigenvalue weighted by molar-refractivity contribution is 6.56. The van der Waals surface area contributed by atoms with Crippen molar-refractivity contribution in [3.8, 4) is 11.1 Å². The van der Waals surface area contributed by atoms with E-state index in [1.165, 1.54) is 12.1 Å². The number of nitrogens with one attached hydrogen (secondary N) is 1. The lowest BCUT2D eigenvalue weighted by Gasteiger charge is -2.32. The lowest BCUT2D eigenvalue weighted by molar-refractivity contribution is 0.00578. The number of fused-ring (bicyclic) bond motifs is 3. The number of carbonyl (C=O) groups is 2. The number of carboxylic acid groups (broad SMARTS) is 1. The van der Waals surface area contributed by atoms with Gasteiger partial charge in [0.05, 0.1) is 16.8 Å². The molecule has 1 heterocycles. The van der Waals surface area contributed by atoms with Gasteiger partial charge in [-0.15, -0.1) is 0 Å². The quantitative estimate of drug-likeness (QED) is 0.351. The van der Waals surface area contributed by atoms with Crippen LogP contribution in [-0.4, -0.2) is 48.6 Å². The fourth-order valence-corrected chi connectivity index (χ4v) is 5.07. The zero-order valence-corrected chi connectivity index (χ0v) is 22.9. The van der Waals surface area contributed by atoms with E-state index in [1.54, 1.807) is 0 Å². The molecule has 0 bridgehead atoms. The molecule has 0 saturated carbocycles. The lowest BCUT2D eigenvalue weighted by Crippen LogP contribution is -2.41. The Labute approximate surface area is 233 Å². The van der Waals surface area contributed by atoms with Crippen molar-refractivity contribution in [1.29, 1.82) is 0 Å². The minimum atomic E-state index is -1.20. The summed E-state index contributed by atoms with van der Waals surface area (Å²) in [7, 11) is -0.899. The van der Waals surface area contributed by atoms with Gasteiger partial charge in [0, 0.05) is 12.5 Å². The summed E-state index contributed by atoms with van der Waals surface area (Å²) in [6.45, 7) is 7.61. The van der Waals surface area contributed by atoms with Crippen LogP contribution in [0.25, 0.3) is 17.2 Å². The van der Waals surface area contributed by atoms with Crippen LogP contribution in [0.3, 0.4) is 0 Å². The van der Waals surface area contributed by atoms with E-state index in [9.17, 15) is 19.1 Å². The number of amides is 1. The van der Waals surface area contributed by atoms with Crippen LogP contribution in [-0.2, 0) is 14.0 Å². The lowest BCUT2D eigenvalue weighted by atomic mass is 9.76. The Balaban J connectivity index is 1.35. The molecule has 5 rings (SSSR count). The number of alkyl carbamates (subject to hydrolysis) is 1. The first-order valence-corrected chi connectivity index (χ1v) is 13.1. The monoisotopic (exact) mass is 543 g/mol. The van der Waals surface area contributed by atoms with E-state index in [0.717, 1.165) is 34.4 Å². The average Bonchev–Trinajstić information content (AvgIpc) is 3.34. The second-order valence-electron chi connectivity index (χ2n) is 11.0. The van der Waals surface area contributed by atoms with Crippen LogP contribution in [0.1, 0.15) is 60.7 Å². The Bertz CT molecular complexity index is 1440. The molecule has 2 aliphatic rings. The molecule has 0 spiro atoms. The smallest absolute Gasteiger partial charge is 0.478 e. The van der Waals surface area contributed by atoms with Gasteiger partial charge in [0.25, 0.3) is 0 Å². The molecule has 40 heavy (non-hydrogen) atoms. The Hall–Kier alpha value is -3.95. The molecule has 3 aromatic rings. The normalized spacial score (nSPS) is 17.3. The fourth-order valence-electron chi connectivity index (χ4n) is 5.07. The van der Waals surface area contributed by atoms with Crippen molar-refractivity contribution in [3.05, 3.63) is 100 Å². The van der Waals surface area contributed by atoms with E-state index in [2.05, 4.69) is 17.4 Å². The molecule has 7 nitrogen and oxygen atoms in total. The van der Waals surface area contributed by atoms with E-state index in [-0.39, 0.29) is 30.2 Å². The molecule has 3 aromatic carbocycles. The maximum absolute atomic E-state index is 14.1. The van der Waals surface area contributed by atoms with Crippen LogP contribution in [0.5, 0.6) is 0 Å². The molecule has 0 aromatic heterocycles. The Kier molecular flexibility index (Phi) is 7.29. The molecule has 1 saturated heterocycles. The van der Waals surface area contributed by atoms with Gasteiger partial charge in [-0.1, -0.05) is 54.6 Å². The summed E-state index contributed by atoms with van der Waals surface area (Å²) in [5.41, 5.74) is 3.55. The molecule has 9 heteroatoms. The first-order valence-electron chi connectivity index (χ1n) is 13.1. The van der Waals surface area contributed by atoms with Gasteiger partial charge in [0.1, 0.15) is 12.4 Å². The Morgan fingerprint density at radius 1 is 0.975 bits per heavy atom. The summed E-state index contributed by atoms with van der Waals surface area (Å²) >= 11 is 0. The molecular weight excluding hydrogens is 512 g/mol. The third-order valence-corrected chi connectivity index (χ3v) is 7.92. The second kappa shape index (κ2) is 10.6. The average molecular weight is 543 g/mol. The first-order chi connectivity index (χ1) is 19.0. The summed E-state index contributed by atoms with van der Waals surface area (Å²) in [6, 6.07) is 19.5. The van der Waals surface area contributed by atoms with Crippen LogP contribution in [0.4, 0.5) is 9.18 Å². The number of benzene rings is 3. The molecule has 0 radical (unpaired) electrons. The standard InChI is InChI=1S/C31H31BFNO6/c1-30(2)31(3,4)40-32(39-30)20(15-19-16-21(33)13-14-22(19)28(35)36)17-34-29(37)38-18-27-25-11-7-5-9-23(25)24-10-6-8-12-26(24)27/h5-16,27H,17-18H2,1-4H3,(H,34,37)(H,35,36). The summed E-state index contributed by atoms with van der Waals surface area (Å²) in [4.78, 5) is 24.7. The zero-order valence-electron chi connectivity index (χ0n) is 22.9. The third-order valence-electron chi connectivity index (χ3n) is 7.92. The van der Waals surface area contributed by atoms with Crippen molar-refractivity contribution in [1.82, 2.24) is 5.32 Å². The molecule has 206 valence electrons. The van der Waals surface area contributed by atoms with Crippen LogP contribution < -0.4 is 5.32 Å². The van der Waals surface area contributed by atoms with Crippen LogP contribution in [0, 0.1) is 5.82 Å². The number of hydrogen-bond donors (Lipinski definition) is 2. The van der Waals surface area contributed by atoms with E-state index < -0.39 is 36.2 Å². The number of hydrogen-bond acceptors (Lipinski definition) is 5. The van der Waals surface area contributed by atoms with Gasteiger partial charge >= 0.3 is 19.2 Å². The van der Waals surface area contributed by atoms with Crippen molar-refractivity contribution in [3.63, 3.8) is 0 Å². The van der Waals surface area contributed by atoms with Crippen LogP contribution >= 0.6 is 0 Å². The molecule has 1 amide bonds. The van der Waals surface area contributed by atoms with Crippen LogP contribution in [0.15, 0.2) is 72.2 Å².